The van der Waals surface area contributed by atoms with Crippen molar-refractivity contribution < 1.29 is 8.42 Å². The molecule has 1 aromatic rings. The summed E-state index contributed by atoms with van der Waals surface area (Å²) in [4.78, 5) is 0. The average Bonchev–Trinajstić information content (AvgIpc) is 2.36. The minimum Gasteiger partial charge on any atom is -0.320 e. The number of rotatable bonds is 8. The van der Waals surface area contributed by atoms with E-state index in [1.54, 1.807) is 7.05 Å². The molecule has 0 amide bonds. The Morgan fingerprint density at radius 3 is 2.44 bits per heavy atom. The van der Waals surface area contributed by atoms with Crippen molar-refractivity contribution in [3.8, 4) is 0 Å². The van der Waals surface area contributed by atoms with E-state index in [0.29, 0.717) is 13.1 Å². The van der Waals surface area contributed by atoms with Crippen LogP contribution < -0.4 is 10.0 Å². The third kappa shape index (κ3) is 5.14. The fourth-order valence-corrected chi connectivity index (χ4v) is 2.44. The molecule has 18 heavy (non-hydrogen) atoms. The molecule has 0 radical (unpaired) electrons. The molecular formula is C12H21N3O2S. The molecule has 2 N–H and O–H groups in total. The van der Waals surface area contributed by atoms with Gasteiger partial charge in [-0.25, -0.2) is 4.72 Å². The second-order valence-electron chi connectivity index (χ2n) is 4.10. The van der Waals surface area contributed by atoms with Crippen molar-refractivity contribution in [2.24, 2.45) is 0 Å². The molecule has 0 aliphatic heterocycles. The maximum Gasteiger partial charge on any atom is 0.279 e. The third-order valence-electron chi connectivity index (χ3n) is 2.55. The smallest absolute Gasteiger partial charge is 0.279 e. The van der Waals surface area contributed by atoms with Gasteiger partial charge in [0, 0.05) is 20.1 Å². The van der Waals surface area contributed by atoms with Crippen LogP contribution in [0.15, 0.2) is 30.3 Å². The van der Waals surface area contributed by atoms with Crippen LogP contribution in [0.2, 0.25) is 0 Å². The van der Waals surface area contributed by atoms with Crippen LogP contribution in [0.3, 0.4) is 0 Å². The van der Waals surface area contributed by atoms with Crippen LogP contribution in [0.1, 0.15) is 12.0 Å². The molecule has 0 spiro atoms. The Balaban J connectivity index is 2.46. The predicted molar refractivity (Wildman–Crippen MR) is 73.4 cm³/mol. The van der Waals surface area contributed by atoms with Gasteiger partial charge in [0.1, 0.15) is 0 Å². The zero-order valence-electron chi connectivity index (χ0n) is 10.9. The van der Waals surface area contributed by atoms with Crippen LogP contribution in [-0.4, -0.2) is 39.9 Å². The summed E-state index contributed by atoms with van der Waals surface area (Å²) in [5.41, 5.74) is 0.973. The largest absolute Gasteiger partial charge is 0.320 e. The van der Waals surface area contributed by atoms with E-state index in [4.69, 9.17) is 0 Å². The van der Waals surface area contributed by atoms with Gasteiger partial charge in [0.25, 0.3) is 10.2 Å². The van der Waals surface area contributed by atoms with E-state index in [9.17, 15) is 8.42 Å². The van der Waals surface area contributed by atoms with Crippen molar-refractivity contribution in [1.82, 2.24) is 14.3 Å². The van der Waals surface area contributed by atoms with Gasteiger partial charge in [-0.05, 0) is 25.6 Å². The fraction of sp³-hybridized carbons (Fsp3) is 0.500. The Labute approximate surface area is 109 Å². The van der Waals surface area contributed by atoms with Gasteiger partial charge in [0.15, 0.2) is 0 Å². The van der Waals surface area contributed by atoms with Crippen LogP contribution in [0.4, 0.5) is 0 Å². The van der Waals surface area contributed by atoms with Gasteiger partial charge in [-0.1, -0.05) is 30.3 Å². The molecule has 0 atom stereocenters. The molecule has 0 aromatic heterocycles. The van der Waals surface area contributed by atoms with E-state index in [2.05, 4.69) is 10.0 Å². The highest BCUT2D eigenvalue weighted by atomic mass is 32.2. The molecule has 0 unspecified atom stereocenters. The molecule has 0 saturated carbocycles. The quantitative estimate of drug-likeness (QED) is 0.679. The van der Waals surface area contributed by atoms with Crippen molar-refractivity contribution in [1.29, 1.82) is 0 Å². The topological polar surface area (TPSA) is 61.4 Å². The monoisotopic (exact) mass is 271 g/mol. The average molecular weight is 271 g/mol. The normalized spacial score (nSPS) is 11.9. The Morgan fingerprint density at radius 1 is 1.17 bits per heavy atom. The molecule has 102 valence electrons. The standard InChI is InChI=1S/C12H21N3O2S/c1-13-9-6-10-14-18(16,17)15(2)11-12-7-4-3-5-8-12/h3-5,7-8,13-14H,6,9-11H2,1-2H3. The lowest BCUT2D eigenvalue weighted by atomic mass is 10.2. The number of nitrogens with zero attached hydrogens (tertiary/aromatic N) is 1. The van der Waals surface area contributed by atoms with Gasteiger partial charge in [-0.15, -0.1) is 0 Å². The molecule has 5 nitrogen and oxygen atoms in total. The van der Waals surface area contributed by atoms with Crippen molar-refractivity contribution in [3.63, 3.8) is 0 Å². The van der Waals surface area contributed by atoms with E-state index in [0.717, 1.165) is 18.5 Å². The zero-order chi connectivity index (χ0) is 13.4. The predicted octanol–water partition coefficient (Wildman–Crippen LogP) is 0.562. The van der Waals surface area contributed by atoms with E-state index in [-0.39, 0.29) is 0 Å². The minimum atomic E-state index is -3.38. The second-order valence-corrected chi connectivity index (χ2v) is 5.96. The second kappa shape index (κ2) is 7.48. The van der Waals surface area contributed by atoms with Crippen molar-refractivity contribution >= 4 is 10.2 Å². The Hall–Kier alpha value is -0.950. The summed E-state index contributed by atoms with van der Waals surface area (Å²) in [5, 5.41) is 2.97. The number of nitrogens with one attached hydrogen (secondary N) is 2. The van der Waals surface area contributed by atoms with Gasteiger partial charge in [-0.3, -0.25) is 0 Å². The lowest BCUT2D eigenvalue weighted by Crippen LogP contribution is -2.38. The summed E-state index contributed by atoms with van der Waals surface area (Å²) in [7, 11) is 0.0367. The van der Waals surface area contributed by atoms with Crippen LogP contribution >= 0.6 is 0 Å². The van der Waals surface area contributed by atoms with Gasteiger partial charge in [0.05, 0.1) is 0 Å². The molecule has 0 fully saturated rings. The van der Waals surface area contributed by atoms with Crippen LogP contribution in [0.25, 0.3) is 0 Å². The summed E-state index contributed by atoms with van der Waals surface area (Å²) >= 11 is 0. The van der Waals surface area contributed by atoms with Gasteiger partial charge in [0.2, 0.25) is 0 Å². The summed E-state index contributed by atoms with van der Waals surface area (Å²) in [6.45, 7) is 1.62. The first-order chi connectivity index (χ1) is 8.56. The molecule has 1 aromatic carbocycles. The minimum absolute atomic E-state index is 0.377. The Bertz CT molecular complexity index is 434. The first-order valence-electron chi connectivity index (χ1n) is 5.95. The van der Waals surface area contributed by atoms with E-state index >= 15 is 0 Å². The maximum absolute atomic E-state index is 11.9. The summed E-state index contributed by atoms with van der Waals surface area (Å²) < 4.78 is 27.7. The van der Waals surface area contributed by atoms with E-state index in [1.165, 1.54) is 4.31 Å². The van der Waals surface area contributed by atoms with Gasteiger partial charge >= 0.3 is 0 Å². The van der Waals surface area contributed by atoms with E-state index < -0.39 is 10.2 Å². The summed E-state index contributed by atoms with van der Waals surface area (Å²) in [6.07, 6.45) is 0.773. The van der Waals surface area contributed by atoms with E-state index in [1.807, 2.05) is 37.4 Å². The summed E-state index contributed by atoms with van der Waals surface area (Å²) in [5.74, 6) is 0. The summed E-state index contributed by atoms with van der Waals surface area (Å²) in [6, 6.07) is 9.53. The molecule has 1 rings (SSSR count). The Kier molecular flexibility index (Phi) is 6.28. The Morgan fingerprint density at radius 2 is 1.83 bits per heavy atom. The van der Waals surface area contributed by atoms with Crippen LogP contribution in [-0.2, 0) is 16.8 Å². The lowest BCUT2D eigenvalue weighted by Gasteiger charge is -2.17. The van der Waals surface area contributed by atoms with Crippen molar-refractivity contribution in [3.05, 3.63) is 35.9 Å². The molecule has 0 aliphatic carbocycles. The van der Waals surface area contributed by atoms with Gasteiger partial charge in [-0.2, -0.15) is 12.7 Å². The molecule has 0 saturated heterocycles. The lowest BCUT2D eigenvalue weighted by molar-refractivity contribution is 0.454. The zero-order valence-corrected chi connectivity index (χ0v) is 11.7. The highest BCUT2D eigenvalue weighted by molar-refractivity contribution is 7.87. The first kappa shape index (κ1) is 15.1. The molecular weight excluding hydrogens is 250 g/mol. The third-order valence-corrected chi connectivity index (χ3v) is 4.07. The highest BCUT2D eigenvalue weighted by Crippen LogP contribution is 2.05. The van der Waals surface area contributed by atoms with Crippen molar-refractivity contribution in [2.45, 2.75) is 13.0 Å². The molecule has 0 heterocycles. The molecule has 0 aliphatic rings. The van der Waals surface area contributed by atoms with Crippen LogP contribution in [0.5, 0.6) is 0 Å². The van der Waals surface area contributed by atoms with Gasteiger partial charge < -0.3 is 5.32 Å². The van der Waals surface area contributed by atoms with Crippen molar-refractivity contribution in [2.75, 3.05) is 27.2 Å². The number of hydrogen-bond donors (Lipinski definition) is 2. The highest BCUT2D eigenvalue weighted by Gasteiger charge is 2.16. The maximum atomic E-state index is 11.9. The number of hydrogen-bond acceptors (Lipinski definition) is 3. The van der Waals surface area contributed by atoms with Crippen LogP contribution in [0, 0.1) is 0 Å². The fourth-order valence-electron chi connectivity index (χ4n) is 1.50. The SMILES string of the molecule is CNCCCNS(=O)(=O)N(C)Cc1ccccc1. The molecule has 0 bridgehead atoms. The molecule has 6 heteroatoms. The first-order valence-corrected chi connectivity index (χ1v) is 7.39. The number of benzene rings is 1.